The molecule has 2 fully saturated rings. The number of likely N-dealkylation sites (N-methyl/N-ethyl adjacent to an activating group) is 1. The summed E-state index contributed by atoms with van der Waals surface area (Å²) in [6, 6.07) is 0. The van der Waals surface area contributed by atoms with E-state index in [0.717, 1.165) is 44.9 Å². The maximum Gasteiger partial charge on any atom is 0.237 e. The number of rotatable bonds is 5. The molecule has 0 radical (unpaired) electrons. The third-order valence-corrected chi connectivity index (χ3v) is 4.96. The summed E-state index contributed by atoms with van der Waals surface area (Å²) in [7, 11) is 2.14. The second kappa shape index (κ2) is 7.99. The van der Waals surface area contributed by atoms with Gasteiger partial charge in [-0.25, -0.2) is 5.01 Å². The fraction of sp³-hybridized carbons (Fsp3) is 0.938. The Labute approximate surface area is 123 Å². The van der Waals surface area contributed by atoms with Crippen LogP contribution in [-0.2, 0) is 4.79 Å². The lowest BCUT2D eigenvalue weighted by Gasteiger charge is -2.34. The predicted molar refractivity (Wildman–Crippen MR) is 82.2 cm³/mol. The molecule has 0 aromatic carbocycles. The van der Waals surface area contributed by atoms with Crippen LogP contribution in [0.4, 0.5) is 0 Å². The fourth-order valence-corrected chi connectivity index (χ4v) is 3.37. The lowest BCUT2D eigenvalue weighted by Crippen LogP contribution is -2.53. The molecule has 4 nitrogen and oxygen atoms in total. The zero-order valence-corrected chi connectivity index (χ0v) is 13.2. The number of nitrogens with one attached hydrogen (secondary N) is 1. The number of hydrazine groups is 1. The summed E-state index contributed by atoms with van der Waals surface area (Å²) >= 11 is 0. The number of unbranched alkanes of at least 4 members (excludes halogenated alkanes) is 1. The summed E-state index contributed by atoms with van der Waals surface area (Å²) in [6.45, 7) is 6.26. The number of carbonyl (C=O) groups excluding carboxylic acids is 1. The third kappa shape index (κ3) is 4.74. The van der Waals surface area contributed by atoms with Crippen LogP contribution in [0.1, 0.15) is 51.9 Å². The molecule has 116 valence electrons. The van der Waals surface area contributed by atoms with Gasteiger partial charge in [-0.05, 0) is 38.6 Å². The smallest absolute Gasteiger partial charge is 0.237 e. The Balaban J connectivity index is 1.66. The SMILES string of the molecule is CCCCC1CCC(C(=O)NN2CCN(C)CC2)CC1. The minimum Gasteiger partial charge on any atom is -0.304 e. The number of hydrogen-bond acceptors (Lipinski definition) is 3. The molecule has 2 aliphatic rings. The minimum atomic E-state index is 0.257. The van der Waals surface area contributed by atoms with Crippen LogP contribution in [0.3, 0.4) is 0 Å². The fourth-order valence-electron chi connectivity index (χ4n) is 3.37. The number of piperazine rings is 1. The molecule has 4 heteroatoms. The second-order valence-electron chi connectivity index (χ2n) is 6.63. The van der Waals surface area contributed by atoms with Crippen LogP contribution in [0.2, 0.25) is 0 Å². The highest BCUT2D eigenvalue weighted by molar-refractivity contribution is 5.78. The molecule has 1 saturated carbocycles. The Morgan fingerprint density at radius 3 is 2.35 bits per heavy atom. The molecule has 0 aromatic rings. The van der Waals surface area contributed by atoms with E-state index in [-0.39, 0.29) is 11.8 Å². The van der Waals surface area contributed by atoms with Gasteiger partial charge in [0.1, 0.15) is 0 Å². The van der Waals surface area contributed by atoms with E-state index < -0.39 is 0 Å². The monoisotopic (exact) mass is 281 g/mol. The summed E-state index contributed by atoms with van der Waals surface area (Å²) in [5.41, 5.74) is 3.13. The highest BCUT2D eigenvalue weighted by atomic mass is 16.2. The van der Waals surface area contributed by atoms with Crippen molar-refractivity contribution < 1.29 is 4.79 Å². The summed E-state index contributed by atoms with van der Waals surface area (Å²) in [6.07, 6.45) is 8.69. The Hall–Kier alpha value is -0.610. The van der Waals surface area contributed by atoms with Gasteiger partial charge in [-0.1, -0.05) is 26.2 Å². The van der Waals surface area contributed by atoms with E-state index in [0.29, 0.717) is 0 Å². The van der Waals surface area contributed by atoms with Crippen molar-refractivity contribution in [3.63, 3.8) is 0 Å². The molecule has 0 spiro atoms. The van der Waals surface area contributed by atoms with Gasteiger partial charge < -0.3 is 4.90 Å². The van der Waals surface area contributed by atoms with Crippen molar-refractivity contribution in [3.05, 3.63) is 0 Å². The first-order chi connectivity index (χ1) is 9.69. The first-order valence-corrected chi connectivity index (χ1v) is 8.43. The molecule has 0 atom stereocenters. The Morgan fingerprint density at radius 1 is 1.10 bits per heavy atom. The normalized spacial score (nSPS) is 29.3. The lowest BCUT2D eigenvalue weighted by molar-refractivity contribution is -0.132. The molecule has 0 unspecified atom stereocenters. The van der Waals surface area contributed by atoms with Gasteiger partial charge in [0.15, 0.2) is 0 Å². The van der Waals surface area contributed by atoms with Gasteiger partial charge in [0.05, 0.1) is 0 Å². The van der Waals surface area contributed by atoms with E-state index in [1.54, 1.807) is 0 Å². The van der Waals surface area contributed by atoms with Crippen molar-refractivity contribution in [1.82, 2.24) is 15.3 Å². The van der Waals surface area contributed by atoms with Crippen LogP contribution in [0.5, 0.6) is 0 Å². The van der Waals surface area contributed by atoms with Gasteiger partial charge in [0, 0.05) is 32.1 Å². The van der Waals surface area contributed by atoms with Crippen LogP contribution in [0.25, 0.3) is 0 Å². The third-order valence-electron chi connectivity index (χ3n) is 4.96. The van der Waals surface area contributed by atoms with Gasteiger partial charge in [0.2, 0.25) is 5.91 Å². The molecule has 1 amide bonds. The highest BCUT2D eigenvalue weighted by Gasteiger charge is 2.27. The predicted octanol–water partition coefficient (Wildman–Crippen LogP) is 2.26. The van der Waals surface area contributed by atoms with Crippen molar-refractivity contribution >= 4 is 5.91 Å². The van der Waals surface area contributed by atoms with Gasteiger partial charge in [0.25, 0.3) is 0 Å². The van der Waals surface area contributed by atoms with Crippen LogP contribution >= 0.6 is 0 Å². The van der Waals surface area contributed by atoms with Gasteiger partial charge in [-0.15, -0.1) is 0 Å². The molecule has 20 heavy (non-hydrogen) atoms. The summed E-state index contributed by atoms with van der Waals surface area (Å²) in [5.74, 6) is 1.40. The molecule has 1 saturated heterocycles. The second-order valence-corrected chi connectivity index (χ2v) is 6.63. The maximum atomic E-state index is 12.3. The molecule has 0 aromatic heterocycles. The highest BCUT2D eigenvalue weighted by Crippen LogP contribution is 2.31. The van der Waals surface area contributed by atoms with E-state index in [2.05, 4.69) is 29.3 Å². The van der Waals surface area contributed by atoms with Crippen LogP contribution < -0.4 is 5.43 Å². The van der Waals surface area contributed by atoms with Crippen molar-refractivity contribution in [2.24, 2.45) is 11.8 Å². The Kier molecular flexibility index (Phi) is 6.30. The average molecular weight is 281 g/mol. The molecular weight excluding hydrogens is 250 g/mol. The van der Waals surface area contributed by atoms with Crippen LogP contribution in [-0.4, -0.2) is 49.0 Å². The number of amides is 1. The largest absolute Gasteiger partial charge is 0.304 e. The molecule has 2 rings (SSSR count). The zero-order valence-electron chi connectivity index (χ0n) is 13.2. The molecule has 1 aliphatic carbocycles. The van der Waals surface area contributed by atoms with Crippen molar-refractivity contribution in [2.45, 2.75) is 51.9 Å². The number of hydrogen-bond donors (Lipinski definition) is 1. The van der Waals surface area contributed by atoms with Gasteiger partial charge in [-0.3, -0.25) is 10.2 Å². The topological polar surface area (TPSA) is 35.6 Å². The first kappa shape index (κ1) is 15.8. The summed E-state index contributed by atoms with van der Waals surface area (Å²) in [5, 5.41) is 2.10. The quantitative estimate of drug-likeness (QED) is 0.839. The van der Waals surface area contributed by atoms with E-state index in [1.807, 2.05) is 0 Å². The molecule has 1 heterocycles. The van der Waals surface area contributed by atoms with Crippen molar-refractivity contribution in [1.29, 1.82) is 0 Å². The minimum absolute atomic E-state index is 0.257. The standard InChI is InChI=1S/C16H31N3O/c1-3-4-5-14-6-8-15(9-7-14)16(20)17-19-12-10-18(2)11-13-19/h14-15H,3-13H2,1-2H3,(H,17,20). The maximum absolute atomic E-state index is 12.3. The van der Waals surface area contributed by atoms with E-state index >= 15 is 0 Å². The Morgan fingerprint density at radius 2 is 1.75 bits per heavy atom. The molecular formula is C16H31N3O. The lowest BCUT2D eigenvalue weighted by atomic mass is 9.79. The zero-order chi connectivity index (χ0) is 14.4. The van der Waals surface area contributed by atoms with E-state index in [4.69, 9.17) is 0 Å². The van der Waals surface area contributed by atoms with Crippen LogP contribution in [0.15, 0.2) is 0 Å². The molecule has 0 bridgehead atoms. The van der Waals surface area contributed by atoms with Gasteiger partial charge in [-0.2, -0.15) is 0 Å². The van der Waals surface area contributed by atoms with Crippen molar-refractivity contribution in [3.8, 4) is 0 Å². The first-order valence-electron chi connectivity index (χ1n) is 8.43. The van der Waals surface area contributed by atoms with Gasteiger partial charge >= 0.3 is 0 Å². The van der Waals surface area contributed by atoms with Crippen LogP contribution in [0, 0.1) is 11.8 Å². The van der Waals surface area contributed by atoms with Crippen molar-refractivity contribution in [2.75, 3.05) is 33.2 Å². The molecule has 1 aliphatic heterocycles. The Bertz CT molecular complexity index is 292. The summed E-state index contributed by atoms with van der Waals surface area (Å²) in [4.78, 5) is 14.6. The average Bonchev–Trinajstić information content (AvgIpc) is 2.48. The number of nitrogens with zero attached hydrogens (tertiary/aromatic N) is 2. The van der Waals surface area contributed by atoms with E-state index in [1.165, 1.54) is 32.1 Å². The summed E-state index contributed by atoms with van der Waals surface area (Å²) < 4.78 is 0. The number of carbonyl (C=O) groups is 1. The molecule has 1 N–H and O–H groups in total. The van der Waals surface area contributed by atoms with E-state index in [9.17, 15) is 4.79 Å².